The number of phenols is 1. The lowest BCUT2D eigenvalue weighted by atomic mass is 10.0. The molecule has 0 saturated carbocycles. The molecule has 0 spiro atoms. The fourth-order valence-corrected chi connectivity index (χ4v) is 1.30. The smallest absolute Gasteiger partial charge is 0.166 e. The SMILES string of the molecule is CC[C@@H](N)c1cc(Cl)cc(F)c1O.Cl. The van der Waals surface area contributed by atoms with Gasteiger partial charge in [0.2, 0.25) is 0 Å². The van der Waals surface area contributed by atoms with Gasteiger partial charge in [0, 0.05) is 16.6 Å². The number of rotatable bonds is 2. The van der Waals surface area contributed by atoms with Crippen LogP contribution in [0.1, 0.15) is 24.9 Å². The van der Waals surface area contributed by atoms with Crippen LogP contribution in [-0.2, 0) is 0 Å². The predicted octanol–water partition coefficient (Wildman–Crippen LogP) is 3.02. The van der Waals surface area contributed by atoms with Crippen LogP contribution < -0.4 is 5.73 Å². The van der Waals surface area contributed by atoms with Gasteiger partial charge in [0.05, 0.1) is 0 Å². The summed E-state index contributed by atoms with van der Waals surface area (Å²) in [6.07, 6.45) is 0.618. The van der Waals surface area contributed by atoms with Gasteiger partial charge < -0.3 is 10.8 Å². The Morgan fingerprint density at radius 1 is 1.57 bits per heavy atom. The Labute approximate surface area is 93.3 Å². The number of halogens is 3. The molecule has 1 aromatic carbocycles. The summed E-state index contributed by atoms with van der Waals surface area (Å²) >= 11 is 5.62. The molecule has 0 aliphatic heterocycles. The van der Waals surface area contributed by atoms with E-state index in [-0.39, 0.29) is 23.5 Å². The summed E-state index contributed by atoms with van der Waals surface area (Å²) in [7, 11) is 0. The Bertz CT molecular complexity index is 320. The third kappa shape index (κ3) is 2.74. The summed E-state index contributed by atoms with van der Waals surface area (Å²) in [4.78, 5) is 0. The average Bonchev–Trinajstić information content (AvgIpc) is 2.10. The van der Waals surface area contributed by atoms with Crippen molar-refractivity contribution in [2.75, 3.05) is 0 Å². The molecule has 0 heterocycles. The molecular weight excluding hydrogens is 228 g/mol. The van der Waals surface area contributed by atoms with Gasteiger partial charge in [0.15, 0.2) is 11.6 Å². The van der Waals surface area contributed by atoms with E-state index < -0.39 is 11.6 Å². The molecular formula is C9H12Cl2FNO. The topological polar surface area (TPSA) is 46.2 Å². The van der Waals surface area contributed by atoms with Gasteiger partial charge in [-0.15, -0.1) is 12.4 Å². The van der Waals surface area contributed by atoms with Crippen LogP contribution in [0.25, 0.3) is 0 Å². The third-order valence-electron chi connectivity index (χ3n) is 1.90. The van der Waals surface area contributed by atoms with Gasteiger partial charge >= 0.3 is 0 Å². The standard InChI is InChI=1S/C9H11ClFNO.ClH/c1-2-8(12)6-3-5(10)4-7(11)9(6)13;/h3-4,8,13H,2,12H2,1H3;1H/t8-;/m1./s1. The zero-order valence-electron chi connectivity index (χ0n) is 7.63. The normalized spacial score (nSPS) is 12.0. The van der Waals surface area contributed by atoms with E-state index in [9.17, 15) is 9.50 Å². The van der Waals surface area contributed by atoms with Crippen molar-refractivity contribution < 1.29 is 9.50 Å². The second-order valence-corrected chi connectivity index (χ2v) is 3.28. The molecule has 0 aromatic heterocycles. The van der Waals surface area contributed by atoms with Crippen LogP contribution in [0.2, 0.25) is 5.02 Å². The quantitative estimate of drug-likeness (QED) is 0.834. The van der Waals surface area contributed by atoms with Gasteiger partial charge in [-0.05, 0) is 18.6 Å². The van der Waals surface area contributed by atoms with E-state index >= 15 is 0 Å². The first-order valence-corrected chi connectivity index (χ1v) is 4.37. The van der Waals surface area contributed by atoms with Gasteiger partial charge in [-0.1, -0.05) is 18.5 Å². The van der Waals surface area contributed by atoms with Crippen molar-refractivity contribution >= 4 is 24.0 Å². The molecule has 14 heavy (non-hydrogen) atoms. The highest BCUT2D eigenvalue weighted by molar-refractivity contribution is 6.30. The lowest BCUT2D eigenvalue weighted by Gasteiger charge is -2.11. The van der Waals surface area contributed by atoms with Crippen molar-refractivity contribution in [1.29, 1.82) is 0 Å². The monoisotopic (exact) mass is 239 g/mol. The minimum Gasteiger partial charge on any atom is -0.505 e. The zero-order chi connectivity index (χ0) is 10.0. The zero-order valence-corrected chi connectivity index (χ0v) is 9.20. The summed E-state index contributed by atoms with van der Waals surface area (Å²) in [5.74, 6) is -1.13. The minimum absolute atomic E-state index is 0. The molecule has 0 aliphatic carbocycles. The number of aromatic hydroxyl groups is 1. The maximum Gasteiger partial charge on any atom is 0.166 e. The summed E-state index contributed by atoms with van der Waals surface area (Å²) < 4.78 is 12.9. The number of hydrogen-bond donors (Lipinski definition) is 2. The molecule has 0 unspecified atom stereocenters. The summed E-state index contributed by atoms with van der Waals surface area (Å²) in [6, 6.07) is 2.16. The predicted molar refractivity (Wildman–Crippen MR) is 57.5 cm³/mol. The molecule has 1 atom stereocenters. The summed E-state index contributed by atoms with van der Waals surface area (Å²) in [6.45, 7) is 1.85. The largest absolute Gasteiger partial charge is 0.505 e. The Kier molecular flexibility index (Phi) is 5.19. The Hall–Kier alpha value is -0.510. The van der Waals surface area contributed by atoms with E-state index in [4.69, 9.17) is 17.3 Å². The van der Waals surface area contributed by atoms with Crippen molar-refractivity contribution in [2.45, 2.75) is 19.4 Å². The first-order chi connectivity index (χ1) is 6.06. The molecule has 0 amide bonds. The highest BCUT2D eigenvalue weighted by atomic mass is 35.5. The molecule has 0 aliphatic rings. The van der Waals surface area contributed by atoms with Crippen LogP contribution in [0.3, 0.4) is 0 Å². The van der Waals surface area contributed by atoms with Crippen molar-refractivity contribution in [2.24, 2.45) is 5.73 Å². The van der Waals surface area contributed by atoms with Crippen molar-refractivity contribution in [3.8, 4) is 5.75 Å². The van der Waals surface area contributed by atoms with Crippen LogP contribution in [-0.4, -0.2) is 5.11 Å². The van der Waals surface area contributed by atoms with Crippen molar-refractivity contribution in [3.63, 3.8) is 0 Å². The van der Waals surface area contributed by atoms with E-state index in [2.05, 4.69) is 0 Å². The Morgan fingerprint density at radius 3 is 2.64 bits per heavy atom. The van der Waals surface area contributed by atoms with E-state index in [1.807, 2.05) is 6.92 Å². The van der Waals surface area contributed by atoms with Gasteiger partial charge in [-0.3, -0.25) is 0 Å². The molecule has 1 rings (SSSR count). The van der Waals surface area contributed by atoms with E-state index in [1.54, 1.807) is 0 Å². The number of benzene rings is 1. The lowest BCUT2D eigenvalue weighted by Crippen LogP contribution is -2.09. The molecule has 0 saturated heterocycles. The van der Waals surface area contributed by atoms with Gasteiger partial charge in [-0.2, -0.15) is 0 Å². The number of hydrogen-bond acceptors (Lipinski definition) is 2. The molecule has 0 radical (unpaired) electrons. The van der Waals surface area contributed by atoms with Gasteiger partial charge in [0.1, 0.15) is 0 Å². The highest BCUT2D eigenvalue weighted by Gasteiger charge is 2.13. The molecule has 80 valence electrons. The van der Waals surface area contributed by atoms with Crippen LogP contribution in [0.4, 0.5) is 4.39 Å². The Balaban J connectivity index is 0.00000169. The molecule has 5 heteroatoms. The van der Waals surface area contributed by atoms with Gasteiger partial charge in [0.25, 0.3) is 0 Å². The molecule has 2 nitrogen and oxygen atoms in total. The van der Waals surface area contributed by atoms with Crippen molar-refractivity contribution in [1.82, 2.24) is 0 Å². The fraction of sp³-hybridized carbons (Fsp3) is 0.333. The fourth-order valence-electron chi connectivity index (χ4n) is 1.09. The first-order valence-electron chi connectivity index (χ1n) is 3.99. The summed E-state index contributed by atoms with van der Waals surface area (Å²) in [5.41, 5.74) is 6.00. The van der Waals surface area contributed by atoms with Crippen LogP contribution in [0, 0.1) is 5.82 Å². The maximum atomic E-state index is 12.9. The van der Waals surface area contributed by atoms with Crippen LogP contribution >= 0.6 is 24.0 Å². The first kappa shape index (κ1) is 13.5. The molecule has 0 bridgehead atoms. The van der Waals surface area contributed by atoms with E-state index in [1.165, 1.54) is 6.07 Å². The molecule has 3 N–H and O–H groups in total. The Morgan fingerprint density at radius 2 is 2.14 bits per heavy atom. The second kappa shape index (κ2) is 5.39. The third-order valence-corrected chi connectivity index (χ3v) is 2.12. The average molecular weight is 240 g/mol. The van der Waals surface area contributed by atoms with E-state index in [0.29, 0.717) is 12.0 Å². The minimum atomic E-state index is -0.730. The molecule has 1 aromatic rings. The van der Waals surface area contributed by atoms with Gasteiger partial charge in [-0.25, -0.2) is 4.39 Å². The summed E-state index contributed by atoms with van der Waals surface area (Å²) in [5, 5.41) is 9.55. The van der Waals surface area contributed by atoms with E-state index in [0.717, 1.165) is 6.07 Å². The lowest BCUT2D eigenvalue weighted by molar-refractivity contribution is 0.419. The van der Waals surface area contributed by atoms with Crippen LogP contribution in [0.5, 0.6) is 5.75 Å². The number of nitrogens with two attached hydrogens (primary N) is 1. The number of phenolic OH excluding ortho intramolecular Hbond substituents is 1. The highest BCUT2D eigenvalue weighted by Crippen LogP contribution is 2.30. The van der Waals surface area contributed by atoms with Crippen LogP contribution in [0.15, 0.2) is 12.1 Å². The second-order valence-electron chi connectivity index (χ2n) is 2.84. The maximum absolute atomic E-state index is 12.9. The van der Waals surface area contributed by atoms with Crippen molar-refractivity contribution in [3.05, 3.63) is 28.5 Å². The molecule has 0 fully saturated rings.